The zero-order valence-corrected chi connectivity index (χ0v) is 31.2. The number of hydroxylamine groups is 2. The molecule has 0 saturated heterocycles. The van der Waals surface area contributed by atoms with Crippen LogP contribution in [0.25, 0.3) is 33.1 Å². The van der Waals surface area contributed by atoms with Gasteiger partial charge in [0.15, 0.2) is 0 Å². The highest BCUT2D eigenvalue weighted by atomic mass is 35.5. The number of benzene rings is 3. The number of rotatable bonds is 5. The second-order valence-corrected chi connectivity index (χ2v) is 11.1. The van der Waals surface area contributed by atoms with E-state index in [1.807, 2.05) is 6.92 Å². The molecule has 50 heavy (non-hydrogen) atoms. The highest BCUT2D eigenvalue weighted by molar-refractivity contribution is 6.68. The van der Waals surface area contributed by atoms with Gasteiger partial charge in [0.2, 0.25) is 0 Å². The van der Waals surface area contributed by atoms with Crippen LogP contribution in [0.1, 0.15) is 38.0 Å². The smallest absolute Gasteiger partial charge is 0.277 e. The molecule has 3 aromatic heterocycles. The molecule has 0 aliphatic heterocycles. The number of ether oxygens (including phenoxy) is 1. The van der Waals surface area contributed by atoms with Crippen LogP contribution in [0.3, 0.4) is 0 Å². The summed E-state index contributed by atoms with van der Waals surface area (Å²) in [6.45, 7) is 2.78. The van der Waals surface area contributed by atoms with Gasteiger partial charge in [-0.2, -0.15) is 0 Å². The van der Waals surface area contributed by atoms with Gasteiger partial charge in [0, 0.05) is 37.5 Å². The van der Waals surface area contributed by atoms with Crippen molar-refractivity contribution < 1.29 is 24.0 Å². The molecule has 262 valence electrons. The Labute approximate surface area is 317 Å². The minimum atomic E-state index is -0.520. The van der Waals surface area contributed by atoms with Crippen LogP contribution in [-0.4, -0.2) is 79.2 Å². The van der Waals surface area contributed by atoms with Crippen molar-refractivity contribution in [2.75, 3.05) is 27.9 Å². The number of nitrogens with zero attached hydrogens (tertiary/aromatic N) is 7. The summed E-state index contributed by atoms with van der Waals surface area (Å²) in [5, 5.41) is 1.01. The van der Waals surface area contributed by atoms with E-state index in [2.05, 4.69) is 34.6 Å². The summed E-state index contributed by atoms with van der Waals surface area (Å²) >= 11 is 27.7. The lowest BCUT2D eigenvalue weighted by molar-refractivity contribution is -0.0756. The Hall–Kier alpha value is -3.85. The number of aromatic nitrogens is 6. The number of amides is 1. The fourth-order valence-corrected chi connectivity index (χ4v) is 4.26. The highest BCUT2D eigenvalue weighted by Gasteiger charge is 2.12. The van der Waals surface area contributed by atoms with Gasteiger partial charge in [0.1, 0.15) is 15.5 Å². The van der Waals surface area contributed by atoms with Crippen molar-refractivity contribution in [2.24, 2.45) is 0 Å². The Kier molecular flexibility index (Phi) is 17.5. The van der Waals surface area contributed by atoms with E-state index in [-0.39, 0.29) is 23.5 Å². The van der Waals surface area contributed by atoms with E-state index in [0.717, 1.165) is 11.7 Å². The SMILES string of the molecule is CCOC.CON(C)C(=O)c1ccc2ncc(Cl)nc2c1.Cl.O=C(Cl)c1ccc2nc(Cl)cnc2c1.O=C(Cl)c1ccc2ncc(Cl)nc2c1. The standard InChI is InChI=1S/C11H10ClN3O2.2C9H4Cl2N2O.C3H8O.ClH/c1-15(17-2)11(16)7-3-4-8-9(5-7)14-10(12)6-13-8;10-8-4-12-7-3-5(9(11)14)1-2-6(7)13-8;10-8-4-12-6-2-1-5(9(11)14)3-7(6)13-8;1-3-4-2;/h3-6H,1-2H3;2*1-4H;3H2,1-2H3;1H. The third-order valence-electron chi connectivity index (χ3n) is 6.09. The zero-order chi connectivity index (χ0) is 36.1. The van der Waals surface area contributed by atoms with Gasteiger partial charge < -0.3 is 4.74 Å². The van der Waals surface area contributed by atoms with E-state index in [4.69, 9.17) is 62.8 Å². The van der Waals surface area contributed by atoms with Crippen LogP contribution in [0, 0.1) is 0 Å². The molecule has 0 radical (unpaired) electrons. The van der Waals surface area contributed by atoms with Crippen LogP contribution in [-0.2, 0) is 9.57 Å². The Balaban J connectivity index is 0.000000245. The van der Waals surface area contributed by atoms with Gasteiger partial charge in [-0.25, -0.2) is 20.0 Å². The topological polar surface area (TPSA) is 150 Å². The second-order valence-electron chi connectivity index (χ2n) is 9.30. The third-order valence-corrected chi connectivity index (χ3v) is 7.07. The number of hydrogen-bond acceptors (Lipinski definition) is 11. The minimum absolute atomic E-state index is 0. The van der Waals surface area contributed by atoms with Crippen LogP contribution < -0.4 is 0 Å². The van der Waals surface area contributed by atoms with Gasteiger partial charge >= 0.3 is 0 Å². The minimum Gasteiger partial charge on any atom is -0.385 e. The Bertz CT molecular complexity index is 2110. The Morgan fingerprint density at radius 2 is 0.980 bits per heavy atom. The fraction of sp³-hybridized carbons (Fsp3) is 0.156. The Morgan fingerprint density at radius 3 is 1.40 bits per heavy atom. The normalized spacial score (nSPS) is 10.0. The van der Waals surface area contributed by atoms with Gasteiger partial charge in [0.25, 0.3) is 16.4 Å². The molecule has 0 unspecified atom stereocenters. The van der Waals surface area contributed by atoms with Crippen LogP contribution >= 0.6 is 70.4 Å². The van der Waals surface area contributed by atoms with E-state index in [9.17, 15) is 14.4 Å². The molecular formula is C32H27Cl6N7O5. The van der Waals surface area contributed by atoms with E-state index in [0.29, 0.717) is 60.1 Å². The number of carbonyl (C=O) groups is 3. The van der Waals surface area contributed by atoms with Crippen molar-refractivity contribution in [1.29, 1.82) is 0 Å². The predicted molar refractivity (Wildman–Crippen MR) is 198 cm³/mol. The lowest BCUT2D eigenvalue weighted by Crippen LogP contribution is -2.25. The maximum Gasteiger partial charge on any atom is 0.277 e. The van der Waals surface area contributed by atoms with Gasteiger partial charge in [-0.05, 0) is 84.7 Å². The molecule has 3 aromatic carbocycles. The number of carbonyl (C=O) groups excluding carboxylic acids is 3. The van der Waals surface area contributed by atoms with E-state index in [1.54, 1.807) is 61.7 Å². The molecule has 0 bridgehead atoms. The first kappa shape index (κ1) is 42.3. The molecule has 0 spiro atoms. The summed E-state index contributed by atoms with van der Waals surface area (Å²) in [6, 6.07) is 14.7. The molecule has 0 atom stereocenters. The van der Waals surface area contributed by atoms with Crippen molar-refractivity contribution >= 4 is 120 Å². The van der Waals surface area contributed by atoms with Gasteiger partial charge in [-0.3, -0.25) is 34.2 Å². The summed E-state index contributed by atoms with van der Waals surface area (Å²) < 4.78 is 4.54. The first-order valence-electron chi connectivity index (χ1n) is 13.8. The second kappa shape index (κ2) is 20.7. The van der Waals surface area contributed by atoms with Crippen LogP contribution in [0.5, 0.6) is 0 Å². The lowest BCUT2D eigenvalue weighted by atomic mass is 10.2. The summed E-state index contributed by atoms with van der Waals surface area (Å²) in [5.41, 5.74) is 4.99. The molecule has 6 rings (SSSR count). The Morgan fingerprint density at radius 1 is 0.620 bits per heavy atom. The van der Waals surface area contributed by atoms with Gasteiger partial charge in [0.05, 0.1) is 58.8 Å². The van der Waals surface area contributed by atoms with Crippen LogP contribution in [0.15, 0.2) is 73.2 Å². The van der Waals surface area contributed by atoms with Crippen molar-refractivity contribution in [3.8, 4) is 0 Å². The molecule has 12 nitrogen and oxygen atoms in total. The van der Waals surface area contributed by atoms with Crippen molar-refractivity contribution in [2.45, 2.75) is 6.92 Å². The maximum atomic E-state index is 11.8. The van der Waals surface area contributed by atoms with E-state index in [1.165, 1.54) is 32.7 Å². The quantitative estimate of drug-likeness (QED) is 0.122. The lowest BCUT2D eigenvalue weighted by Gasteiger charge is -2.13. The van der Waals surface area contributed by atoms with Crippen molar-refractivity contribution in [3.05, 3.63) is 105 Å². The average molecular weight is 802 g/mol. The molecule has 0 N–H and O–H groups in total. The predicted octanol–water partition coefficient (Wildman–Crippen LogP) is 8.32. The van der Waals surface area contributed by atoms with Gasteiger partial charge in [-0.15, -0.1) is 12.4 Å². The number of hydrogen-bond donors (Lipinski definition) is 0. The fourth-order valence-electron chi connectivity index (χ4n) is 3.61. The highest BCUT2D eigenvalue weighted by Crippen LogP contribution is 2.18. The molecule has 6 aromatic rings. The van der Waals surface area contributed by atoms with Crippen LogP contribution in [0.4, 0.5) is 0 Å². The van der Waals surface area contributed by atoms with Crippen molar-refractivity contribution in [1.82, 2.24) is 35.0 Å². The summed E-state index contributed by atoms with van der Waals surface area (Å²) in [4.78, 5) is 62.6. The van der Waals surface area contributed by atoms with Crippen LogP contribution in [0.2, 0.25) is 15.5 Å². The molecule has 0 aliphatic rings. The number of fused-ring (bicyclic) bond motifs is 3. The number of halogens is 6. The van der Waals surface area contributed by atoms with Crippen molar-refractivity contribution in [3.63, 3.8) is 0 Å². The molecule has 0 aliphatic carbocycles. The third kappa shape index (κ3) is 12.5. The molecule has 0 saturated carbocycles. The summed E-state index contributed by atoms with van der Waals surface area (Å²) in [6.07, 6.45) is 4.34. The van der Waals surface area contributed by atoms with E-state index < -0.39 is 10.5 Å². The first-order chi connectivity index (χ1) is 23.4. The molecule has 0 fully saturated rings. The molecule has 1 amide bonds. The molecule has 3 heterocycles. The monoisotopic (exact) mass is 799 g/mol. The first-order valence-corrected chi connectivity index (χ1v) is 15.7. The largest absolute Gasteiger partial charge is 0.385 e. The molecular weight excluding hydrogens is 775 g/mol. The zero-order valence-electron chi connectivity index (χ0n) is 26.6. The summed E-state index contributed by atoms with van der Waals surface area (Å²) in [5.74, 6) is -0.254. The van der Waals surface area contributed by atoms with Gasteiger partial charge in [-0.1, -0.05) is 34.8 Å². The molecule has 18 heteroatoms. The van der Waals surface area contributed by atoms with E-state index >= 15 is 0 Å². The summed E-state index contributed by atoms with van der Waals surface area (Å²) in [7, 11) is 4.64. The average Bonchev–Trinajstić information content (AvgIpc) is 3.10. The maximum absolute atomic E-state index is 11.8. The number of methoxy groups -OCH3 is 1.